The molecule has 1 aromatic heterocycles. The Morgan fingerprint density at radius 3 is 2.50 bits per heavy atom. The first-order valence-electron chi connectivity index (χ1n) is 7.93. The number of ether oxygens (including phenoxy) is 1. The van der Waals surface area contributed by atoms with Gasteiger partial charge in [0.15, 0.2) is 0 Å². The summed E-state index contributed by atoms with van der Waals surface area (Å²) < 4.78 is 11.5. The van der Waals surface area contributed by atoms with Crippen LogP contribution in [0.4, 0.5) is 0 Å². The minimum Gasteiger partial charge on any atom is -0.494 e. The van der Waals surface area contributed by atoms with Crippen LogP contribution in [0.5, 0.6) is 5.75 Å². The van der Waals surface area contributed by atoms with Crippen molar-refractivity contribution in [3.63, 3.8) is 0 Å². The van der Waals surface area contributed by atoms with Crippen molar-refractivity contribution in [3.8, 4) is 17.2 Å². The maximum atomic E-state index is 5.80. The molecule has 0 N–H and O–H groups in total. The molecule has 0 fully saturated rings. The lowest BCUT2D eigenvalue weighted by atomic mass is 10.1. The van der Waals surface area contributed by atoms with Crippen LogP contribution in [0.3, 0.4) is 0 Å². The molecule has 0 aliphatic rings. The number of aryl methyl sites for hydroxylation is 2. The molecule has 0 saturated heterocycles. The summed E-state index contributed by atoms with van der Waals surface area (Å²) in [4.78, 5) is 0. The summed E-state index contributed by atoms with van der Waals surface area (Å²) in [7, 11) is 0. The molecule has 124 valence electrons. The van der Waals surface area contributed by atoms with Gasteiger partial charge in [-0.3, -0.25) is 0 Å². The Hall–Kier alpha value is -2.27. The Morgan fingerprint density at radius 1 is 1.00 bits per heavy atom. The standard InChI is InChI=1S/C19H20N2O2S/c1-14-11-15(2)13-17(12-14)22-9-6-10-24-19-21-20-18(23-19)16-7-4-3-5-8-16/h3-5,7-8,11-13H,6,9-10H2,1-2H3. The molecule has 0 bridgehead atoms. The predicted molar refractivity (Wildman–Crippen MR) is 96.5 cm³/mol. The number of thioether (sulfide) groups is 1. The van der Waals surface area contributed by atoms with Crippen molar-refractivity contribution in [1.82, 2.24) is 10.2 Å². The third-order valence-corrected chi connectivity index (χ3v) is 4.31. The number of aromatic nitrogens is 2. The second kappa shape index (κ2) is 8.02. The Labute approximate surface area is 146 Å². The van der Waals surface area contributed by atoms with E-state index in [0.717, 1.165) is 23.5 Å². The van der Waals surface area contributed by atoms with E-state index in [9.17, 15) is 0 Å². The van der Waals surface area contributed by atoms with Crippen LogP contribution in [0.2, 0.25) is 0 Å². The molecule has 0 radical (unpaired) electrons. The molecule has 3 aromatic rings. The number of benzene rings is 2. The lowest BCUT2D eigenvalue weighted by Gasteiger charge is -2.07. The third-order valence-electron chi connectivity index (χ3n) is 3.41. The monoisotopic (exact) mass is 340 g/mol. The van der Waals surface area contributed by atoms with E-state index in [0.29, 0.717) is 17.7 Å². The largest absolute Gasteiger partial charge is 0.494 e. The Bertz CT molecular complexity index is 767. The van der Waals surface area contributed by atoms with Gasteiger partial charge in [-0.2, -0.15) is 0 Å². The first kappa shape index (κ1) is 16.6. The number of hydrogen-bond acceptors (Lipinski definition) is 5. The van der Waals surface area contributed by atoms with E-state index in [1.807, 2.05) is 30.3 Å². The van der Waals surface area contributed by atoms with E-state index in [4.69, 9.17) is 9.15 Å². The molecule has 1 heterocycles. The molecule has 0 amide bonds. The fourth-order valence-electron chi connectivity index (χ4n) is 2.39. The first-order valence-corrected chi connectivity index (χ1v) is 8.92. The van der Waals surface area contributed by atoms with E-state index < -0.39 is 0 Å². The highest BCUT2D eigenvalue weighted by molar-refractivity contribution is 7.99. The summed E-state index contributed by atoms with van der Waals surface area (Å²) in [6.45, 7) is 4.83. The van der Waals surface area contributed by atoms with Gasteiger partial charge in [0.2, 0.25) is 5.89 Å². The molecule has 4 nitrogen and oxygen atoms in total. The highest BCUT2D eigenvalue weighted by Gasteiger charge is 2.08. The SMILES string of the molecule is Cc1cc(C)cc(OCCCSc2nnc(-c3ccccc3)o2)c1. The third kappa shape index (κ3) is 4.61. The fourth-order valence-corrected chi connectivity index (χ4v) is 3.06. The van der Waals surface area contributed by atoms with Gasteiger partial charge < -0.3 is 9.15 Å². The smallest absolute Gasteiger partial charge is 0.276 e. The zero-order chi connectivity index (χ0) is 16.8. The normalized spacial score (nSPS) is 10.8. The van der Waals surface area contributed by atoms with Crippen molar-refractivity contribution in [3.05, 3.63) is 59.7 Å². The van der Waals surface area contributed by atoms with Crippen molar-refractivity contribution in [2.45, 2.75) is 25.5 Å². The quantitative estimate of drug-likeness (QED) is 0.451. The molecule has 0 aliphatic carbocycles. The maximum absolute atomic E-state index is 5.80. The minimum absolute atomic E-state index is 0.560. The van der Waals surface area contributed by atoms with Crippen molar-refractivity contribution in [2.75, 3.05) is 12.4 Å². The molecule has 0 aliphatic heterocycles. The van der Waals surface area contributed by atoms with Gasteiger partial charge in [0.1, 0.15) is 5.75 Å². The molecule has 0 unspecified atom stereocenters. The number of hydrogen-bond donors (Lipinski definition) is 0. The highest BCUT2D eigenvalue weighted by Crippen LogP contribution is 2.23. The Balaban J connectivity index is 1.43. The number of nitrogens with zero attached hydrogens (tertiary/aromatic N) is 2. The van der Waals surface area contributed by atoms with Crippen LogP contribution in [0.25, 0.3) is 11.5 Å². The lowest BCUT2D eigenvalue weighted by molar-refractivity contribution is 0.318. The van der Waals surface area contributed by atoms with Crippen LogP contribution in [-0.2, 0) is 0 Å². The van der Waals surface area contributed by atoms with Crippen molar-refractivity contribution in [1.29, 1.82) is 0 Å². The Morgan fingerprint density at radius 2 is 1.75 bits per heavy atom. The van der Waals surface area contributed by atoms with Crippen molar-refractivity contribution >= 4 is 11.8 Å². The molecule has 0 saturated carbocycles. The van der Waals surface area contributed by atoms with Gasteiger partial charge >= 0.3 is 0 Å². The molecular weight excluding hydrogens is 320 g/mol. The van der Waals surface area contributed by atoms with Crippen molar-refractivity contribution < 1.29 is 9.15 Å². The molecule has 0 spiro atoms. The summed E-state index contributed by atoms with van der Waals surface area (Å²) >= 11 is 1.56. The van der Waals surface area contributed by atoms with Gasteiger partial charge in [-0.05, 0) is 55.7 Å². The van der Waals surface area contributed by atoms with Crippen LogP contribution in [0.15, 0.2) is 58.2 Å². The van der Waals surface area contributed by atoms with E-state index in [1.54, 1.807) is 11.8 Å². The molecule has 24 heavy (non-hydrogen) atoms. The second-order valence-corrected chi connectivity index (χ2v) is 6.66. The summed E-state index contributed by atoms with van der Waals surface area (Å²) in [5.74, 6) is 2.37. The zero-order valence-electron chi connectivity index (χ0n) is 13.9. The molecule has 5 heteroatoms. The lowest BCUT2D eigenvalue weighted by Crippen LogP contribution is -1.99. The van der Waals surface area contributed by atoms with E-state index in [2.05, 4.69) is 42.2 Å². The van der Waals surface area contributed by atoms with E-state index in [1.165, 1.54) is 11.1 Å². The first-order chi connectivity index (χ1) is 11.7. The summed E-state index contributed by atoms with van der Waals surface area (Å²) in [6, 6.07) is 16.1. The van der Waals surface area contributed by atoms with Crippen LogP contribution in [0.1, 0.15) is 17.5 Å². The predicted octanol–water partition coefficient (Wildman–Crippen LogP) is 4.91. The van der Waals surface area contributed by atoms with E-state index in [-0.39, 0.29) is 0 Å². The molecule has 3 rings (SSSR count). The average molecular weight is 340 g/mol. The zero-order valence-corrected chi connectivity index (χ0v) is 14.7. The Kier molecular flexibility index (Phi) is 5.54. The molecular formula is C19H20N2O2S. The topological polar surface area (TPSA) is 48.2 Å². The van der Waals surface area contributed by atoms with Crippen LogP contribution < -0.4 is 4.74 Å². The second-order valence-electron chi connectivity index (χ2n) is 5.61. The van der Waals surface area contributed by atoms with Gasteiger partial charge in [-0.25, -0.2) is 0 Å². The minimum atomic E-state index is 0.560. The van der Waals surface area contributed by atoms with Gasteiger partial charge in [-0.1, -0.05) is 36.0 Å². The molecule has 2 aromatic carbocycles. The van der Waals surface area contributed by atoms with Crippen LogP contribution in [-0.4, -0.2) is 22.6 Å². The summed E-state index contributed by atoms with van der Waals surface area (Å²) in [6.07, 6.45) is 0.917. The van der Waals surface area contributed by atoms with Crippen LogP contribution >= 0.6 is 11.8 Å². The fraction of sp³-hybridized carbons (Fsp3) is 0.263. The maximum Gasteiger partial charge on any atom is 0.276 e. The molecule has 0 atom stereocenters. The van der Waals surface area contributed by atoms with Crippen molar-refractivity contribution in [2.24, 2.45) is 0 Å². The van der Waals surface area contributed by atoms with Gasteiger partial charge in [0.05, 0.1) is 6.61 Å². The van der Waals surface area contributed by atoms with Gasteiger partial charge in [-0.15, -0.1) is 10.2 Å². The average Bonchev–Trinajstić information content (AvgIpc) is 3.03. The van der Waals surface area contributed by atoms with Gasteiger partial charge in [0.25, 0.3) is 5.22 Å². The number of rotatable bonds is 7. The van der Waals surface area contributed by atoms with E-state index >= 15 is 0 Å². The summed E-state index contributed by atoms with van der Waals surface area (Å²) in [5.41, 5.74) is 3.38. The van der Waals surface area contributed by atoms with Crippen LogP contribution in [0, 0.1) is 13.8 Å². The van der Waals surface area contributed by atoms with Gasteiger partial charge in [0, 0.05) is 11.3 Å². The highest BCUT2D eigenvalue weighted by atomic mass is 32.2. The summed E-state index contributed by atoms with van der Waals surface area (Å²) in [5, 5.41) is 8.76.